The number of nitriles is 1. The third kappa shape index (κ3) is 12.3. The molecule has 22 heteroatoms. The highest BCUT2D eigenvalue weighted by Gasteiger charge is 2.52. The summed E-state index contributed by atoms with van der Waals surface area (Å²) in [5.41, 5.74) is -3.44. The van der Waals surface area contributed by atoms with Gasteiger partial charge in [-0.05, 0) is 156 Å². The first-order chi connectivity index (χ1) is 35.4. The number of pyridine rings is 2. The molecule has 8 rings (SSSR count). The Morgan fingerprint density at radius 2 is 1.04 bits per heavy atom. The van der Waals surface area contributed by atoms with Crippen LogP contribution in [0, 0.1) is 34.6 Å². The number of rotatable bonds is 12. The summed E-state index contributed by atoms with van der Waals surface area (Å²) in [6.07, 6.45) is -1.21. The molecule has 0 unspecified atom stereocenters. The Bertz CT molecular complexity index is 3090. The molecule has 0 aliphatic heterocycles. The lowest BCUT2D eigenvalue weighted by Crippen LogP contribution is -2.54. The van der Waals surface area contributed by atoms with Crippen LogP contribution in [0.15, 0.2) is 89.7 Å². The van der Waals surface area contributed by atoms with Gasteiger partial charge in [0.25, 0.3) is 0 Å². The van der Waals surface area contributed by atoms with E-state index in [0.29, 0.717) is 4.47 Å². The lowest BCUT2D eigenvalue weighted by atomic mass is 9.64. The van der Waals surface area contributed by atoms with Crippen molar-refractivity contribution in [2.24, 2.45) is 0 Å². The minimum Gasteiger partial charge on any atom is -0.495 e. The Morgan fingerprint density at radius 1 is 0.627 bits per heavy atom. The number of halogens is 7. The van der Waals surface area contributed by atoms with Crippen LogP contribution < -0.4 is 19.3 Å². The van der Waals surface area contributed by atoms with E-state index in [1.807, 2.05) is 6.07 Å². The number of hydrogen-bond acceptors (Lipinski definition) is 13. The highest BCUT2D eigenvalue weighted by Crippen LogP contribution is 2.48. The summed E-state index contributed by atoms with van der Waals surface area (Å²) in [5, 5.41) is 25.8. The fourth-order valence-electron chi connectivity index (χ4n) is 8.91. The van der Waals surface area contributed by atoms with Gasteiger partial charge in [0.05, 0.1) is 58.2 Å². The second-order valence-electron chi connectivity index (χ2n) is 20.0. The molecule has 15 nitrogen and oxygen atoms in total. The second kappa shape index (κ2) is 22.2. The summed E-state index contributed by atoms with van der Waals surface area (Å²) in [6, 6.07) is 18.3. The van der Waals surface area contributed by atoms with Crippen molar-refractivity contribution in [2.45, 2.75) is 102 Å². The van der Waals surface area contributed by atoms with Crippen molar-refractivity contribution in [1.82, 2.24) is 30.4 Å². The summed E-state index contributed by atoms with van der Waals surface area (Å²) in [7, 11) is 2.71. The Labute approximate surface area is 437 Å². The van der Waals surface area contributed by atoms with Gasteiger partial charge in [0.15, 0.2) is 11.6 Å². The molecule has 394 valence electrons. The van der Waals surface area contributed by atoms with Gasteiger partial charge in [-0.25, -0.2) is 35.9 Å². The molecule has 2 amide bonds. The number of carbonyl (C=O) groups is 2. The molecule has 6 aromatic rings. The third-order valence-corrected chi connectivity index (χ3v) is 12.8. The zero-order valence-corrected chi connectivity index (χ0v) is 43.7. The van der Waals surface area contributed by atoms with E-state index in [0.717, 1.165) is 11.0 Å². The van der Waals surface area contributed by atoms with Gasteiger partial charge in [-0.15, -0.1) is 20.4 Å². The van der Waals surface area contributed by atoms with E-state index in [1.54, 1.807) is 41.5 Å². The van der Waals surface area contributed by atoms with Crippen LogP contribution in [0.5, 0.6) is 11.5 Å². The first-order valence-corrected chi connectivity index (χ1v) is 24.2. The number of hydrogen-bond donors (Lipinski definition) is 0. The van der Waals surface area contributed by atoms with Crippen LogP contribution in [0.3, 0.4) is 0 Å². The molecule has 2 aliphatic rings. The van der Waals surface area contributed by atoms with Crippen LogP contribution in [0.2, 0.25) is 0 Å². The summed E-state index contributed by atoms with van der Waals surface area (Å²) < 4.78 is 109. The summed E-state index contributed by atoms with van der Waals surface area (Å²) >= 11 is 3.33. The standard InChI is InChI=1S/C27H26F3N5O3.C26H26BrF3N4O3/c1-26(2,3)38-25(36)35(15-27(12-17(28)13-27)24-19(30)6-5-11-32-24)21-10-9-20(33-34-21)22-18(29)8-7-16(14-31)23(22)37-4;1-25(2,3)37-24(35)34(14-26(12-15(28)13-26)23-18(30)6-5-11-31-23)20-10-9-19(32-33-20)21-17(29)8-7-16(27)22(21)36-4/h5-11,17H,12-13,15H2,1-4H3;5-11,15H,12-14H2,1-4H3. The highest BCUT2D eigenvalue weighted by molar-refractivity contribution is 9.10. The zero-order valence-electron chi connectivity index (χ0n) is 42.1. The van der Waals surface area contributed by atoms with Crippen LogP contribution in [0.1, 0.15) is 84.2 Å². The lowest BCUT2D eigenvalue weighted by Gasteiger charge is -2.46. The van der Waals surface area contributed by atoms with Crippen molar-refractivity contribution in [2.75, 3.05) is 37.1 Å². The number of carbonyl (C=O) groups excluding carboxylic acids is 2. The number of amides is 2. The van der Waals surface area contributed by atoms with Crippen LogP contribution in [-0.2, 0) is 20.3 Å². The molecule has 75 heavy (non-hydrogen) atoms. The van der Waals surface area contributed by atoms with Crippen molar-refractivity contribution < 1.29 is 54.9 Å². The Morgan fingerprint density at radius 3 is 1.39 bits per heavy atom. The first kappa shape index (κ1) is 55.3. The average Bonchev–Trinajstić information content (AvgIpc) is 3.33. The molecule has 0 spiro atoms. The molecule has 0 atom stereocenters. The van der Waals surface area contributed by atoms with Crippen LogP contribution in [0.25, 0.3) is 22.5 Å². The van der Waals surface area contributed by atoms with E-state index < -0.39 is 69.8 Å². The van der Waals surface area contributed by atoms with Crippen LogP contribution in [0.4, 0.5) is 47.6 Å². The predicted octanol–water partition coefficient (Wildman–Crippen LogP) is 11.9. The topological polar surface area (TPSA) is 179 Å². The van der Waals surface area contributed by atoms with Crippen molar-refractivity contribution >= 4 is 39.8 Å². The number of aromatic nitrogens is 6. The second-order valence-corrected chi connectivity index (χ2v) is 20.8. The van der Waals surface area contributed by atoms with E-state index >= 15 is 0 Å². The number of nitrogens with zero attached hydrogens (tertiary/aromatic N) is 9. The maximum atomic E-state index is 14.8. The van der Waals surface area contributed by atoms with E-state index in [-0.39, 0.29) is 101 Å². The first-order valence-electron chi connectivity index (χ1n) is 23.4. The summed E-state index contributed by atoms with van der Waals surface area (Å²) in [6.45, 7) is 9.85. The van der Waals surface area contributed by atoms with Crippen LogP contribution >= 0.6 is 15.9 Å². The minimum atomic E-state index is -1.19. The van der Waals surface area contributed by atoms with E-state index in [4.69, 9.17) is 18.9 Å². The maximum absolute atomic E-state index is 14.8. The third-order valence-electron chi connectivity index (χ3n) is 12.2. The van der Waals surface area contributed by atoms with Crippen molar-refractivity contribution in [3.63, 3.8) is 0 Å². The molecule has 2 saturated carbocycles. The number of alkyl halides is 2. The zero-order chi connectivity index (χ0) is 54.6. The molecule has 0 saturated heterocycles. The normalized spacial score (nSPS) is 19.0. The molecule has 2 aliphatic carbocycles. The van der Waals surface area contributed by atoms with Crippen molar-refractivity contribution in [3.05, 3.63) is 130 Å². The average molecular weight is 1100 g/mol. The fraction of sp³-hybridized carbons (Fsp3) is 0.377. The Kier molecular flexibility index (Phi) is 16.4. The summed E-state index contributed by atoms with van der Waals surface area (Å²) in [5.74, 6) is -2.12. The van der Waals surface area contributed by atoms with Crippen LogP contribution in [-0.4, -0.2) is 93.4 Å². The fourth-order valence-corrected chi connectivity index (χ4v) is 9.41. The molecule has 0 N–H and O–H groups in total. The largest absolute Gasteiger partial charge is 0.495 e. The van der Waals surface area contributed by atoms with Crippen molar-refractivity contribution in [1.29, 1.82) is 5.26 Å². The Balaban J connectivity index is 0.000000219. The van der Waals surface area contributed by atoms with Gasteiger partial charge in [-0.2, -0.15) is 5.26 Å². The van der Waals surface area contributed by atoms with Gasteiger partial charge in [0.1, 0.15) is 64.4 Å². The molecule has 4 aromatic heterocycles. The van der Waals surface area contributed by atoms with Crippen molar-refractivity contribution in [3.8, 4) is 40.1 Å². The van der Waals surface area contributed by atoms with Gasteiger partial charge in [0, 0.05) is 36.3 Å². The monoisotopic (exact) mass is 1100 g/mol. The lowest BCUT2D eigenvalue weighted by molar-refractivity contribution is 0.0501. The number of benzene rings is 2. The maximum Gasteiger partial charge on any atom is 0.416 e. The number of methoxy groups -OCH3 is 2. The van der Waals surface area contributed by atoms with Gasteiger partial charge < -0.3 is 18.9 Å². The van der Waals surface area contributed by atoms with Gasteiger partial charge >= 0.3 is 12.2 Å². The van der Waals surface area contributed by atoms with Gasteiger partial charge in [0.2, 0.25) is 0 Å². The molecule has 2 aromatic carbocycles. The van der Waals surface area contributed by atoms with E-state index in [1.165, 1.54) is 98.2 Å². The van der Waals surface area contributed by atoms with E-state index in [9.17, 15) is 41.2 Å². The molecule has 0 radical (unpaired) electrons. The quantitative estimate of drug-likeness (QED) is 0.106. The molecule has 0 bridgehead atoms. The smallest absolute Gasteiger partial charge is 0.416 e. The SMILES string of the molecule is COc1c(Br)ccc(F)c1-c1ccc(N(CC2(c3ncccc3F)CC(F)C2)C(=O)OC(C)(C)C)nn1.COc1c(C#N)ccc(F)c1-c1ccc(N(CC2(c3ncccc3F)CC(F)C2)C(=O)OC(C)(C)C)nn1. The Hall–Kier alpha value is -7.41. The molecule has 4 heterocycles. The number of anilines is 2. The van der Waals surface area contributed by atoms with Gasteiger partial charge in [-0.3, -0.25) is 19.8 Å². The molecular formula is C53H52BrF6N9O6. The number of ether oxygens (including phenoxy) is 4. The predicted molar refractivity (Wildman–Crippen MR) is 268 cm³/mol. The minimum absolute atomic E-state index is 0.00779. The highest BCUT2D eigenvalue weighted by atomic mass is 79.9. The van der Waals surface area contributed by atoms with E-state index in [2.05, 4.69) is 46.3 Å². The molecule has 2 fully saturated rings. The van der Waals surface area contributed by atoms with Gasteiger partial charge in [-0.1, -0.05) is 0 Å². The summed E-state index contributed by atoms with van der Waals surface area (Å²) in [4.78, 5) is 37.2. The molecular weight excluding hydrogens is 1050 g/mol.